The molecule has 1 aliphatic carbocycles. The molecule has 1 fully saturated rings. The van der Waals surface area contributed by atoms with Gasteiger partial charge in [0.25, 0.3) is 0 Å². The quantitative estimate of drug-likeness (QED) is 0.755. The summed E-state index contributed by atoms with van der Waals surface area (Å²) in [4.78, 5) is 0. The van der Waals surface area contributed by atoms with Gasteiger partial charge in [-0.2, -0.15) is 0 Å². The number of rotatable bonds is 7. The van der Waals surface area contributed by atoms with Crippen LogP contribution in [0.25, 0.3) is 0 Å². The zero-order chi connectivity index (χ0) is 14.4. The highest BCUT2D eigenvalue weighted by Crippen LogP contribution is 2.30. The average molecular weight is 281 g/mol. The van der Waals surface area contributed by atoms with Crippen molar-refractivity contribution in [3.8, 4) is 5.75 Å². The van der Waals surface area contributed by atoms with Gasteiger partial charge in [-0.15, -0.1) is 0 Å². The number of hydrogen-bond acceptors (Lipinski definition) is 3. The Labute approximate surface area is 120 Å². The summed E-state index contributed by atoms with van der Waals surface area (Å²) >= 11 is 0. The molecule has 1 aliphatic rings. The molecule has 0 radical (unpaired) electrons. The van der Waals surface area contributed by atoms with E-state index in [0.717, 1.165) is 44.2 Å². The molecule has 0 unspecified atom stereocenters. The van der Waals surface area contributed by atoms with E-state index in [1.54, 1.807) is 0 Å². The topological polar surface area (TPSA) is 41.5 Å². The number of hydrogen-bond donors (Lipinski definition) is 2. The zero-order valence-electron chi connectivity index (χ0n) is 12.1. The van der Waals surface area contributed by atoms with Crippen LogP contribution in [0.15, 0.2) is 18.2 Å². The highest BCUT2D eigenvalue weighted by molar-refractivity contribution is 5.29. The molecule has 2 N–H and O–H groups in total. The second kappa shape index (κ2) is 7.04. The van der Waals surface area contributed by atoms with Crippen LogP contribution in [0.2, 0.25) is 0 Å². The van der Waals surface area contributed by atoms with E-state index in [9.17, 15) is 9.50 Å². The molecule has 4 heteroatoms. The molecule has 0 heterocycles. The maximum atomic E-state index is 13.6. The van der Waals surface area contributed by atoms with E-state index in [2.05, 4.69) is 12.2 Å². The van der Waals surface area contributed by atoms with Crippen LogP contribution < -0.4 is 10.1 Å². The molecule has 20 heavy (non-hydrogen) atoms. The van der Waals surface area contributed by atoms with Crippen molar-refractivity contribution in [3.63, 3.8) is 0 Å². The van der Waals surface area contributed by atoms with Crippen molar-refractivity contribution in [2.45, 2.75) is 51.2 Å². The fourth-order valence-electron chi connectivity index (χ4n) is 2.61. The molecule has 0 atom stereocenters. The molecule has 0 spiro atoms. The molecule has 2 rings (SSSR count). The van der Waals surface area contributed by atoms with Crippen molar-refractivity contribution in [1.82, 2.24) is 5.32 Å². The summed E-state index contributed by atoms with van der Waals surface area (Å²) in [6.07, 6.45) is 4.66. The van der Waals surface area contributed by atoms with E-state index >= 15 is 0 Å². The van der Waals surface area contributed by atoms with Crippen LogP contribution in [0.1, 0.15) is 44.6 Å². The summed E-state index contributed by atoms with van der Waals surface area (Å²) in [5.41, 5.74) is 0.138. The third-order valence-electron chi connectivity index (χ3n) is 3.73. The second-order valence-corrected chi connectivity index (χ2v) is 5.69. The van der Waals surface area contributed by atoms with Gasteiger partial charge >= 0.3 is 0 Å². The Balaban J connectivity index is 1.93. The molecule has 0 aliphatic heterocycles. The first-order valence-corrected chi connectivity index (χ1v) is 7.47. The van der Waals surface area contributed by atoms with Crippen molar-refractivity contribution in [3.05, 3.63) is 29.6 Å². The highest BCUT2D eigenvalue weighted by Gasteiger charge is 2.31. The van der Waals surface area contributed by atoms with Crippen molar-refractivity contribution >= 4 is 0 Å². The Kier molecular flexibility index (Phi) is 5.38. The van der Waals surface area contributed by atoms with Crippen LogP contribution >= 0.6 is 0 Å². The number of benzene rings is 1. The normalized spacial score (nSPS) is 17.4. The predicted octanol–water partition coefficient (Wildman–Crippen LogP) is 3.01. The minimum Gasteiger partial charge on any atom is -0.490 e. The zero-order valence-corrected chi connectivity index (χ0v) is 12.1. The summed E-state index contributed by atoms with van der Waals surface area (Å²) in [7, 11) is 0. The van der Waals surface area contributed by atoms with E-state index < -0.39 is 5.60 Å². The lowest BCUT2D eigenvalue weighted by Crippen LogP contribution is -2.32. The summed E-state index contributed by atoms with van der Waals surface area (Å²) in [6.45, 7) is 3.88. The van der Waals surface area contributed by atoms with Crippen LogP contribution in [0.4, 0.5) is 4.39 Å². The van der Waals surface area contributed by atoms with Crippen LogP contribution in [-0.4, -0.2) is 23.9 Å². The lowest BCUT2D eigenvalue weighted by molar-refractivity contribution is 0.00129. The molecule has 0 amide bonds. The maximum Gasteiger partial charge on any atom is 0.127 e. The Morgan fingerprint density at radius 3 is 2.75 bits per heavy atom. The van der Waals surface area contributed by atoms with Gasteiger partial charge in [0.1, 0.15) is 18.2 Å². The monoisotopic (exact) mass is 281 g/mol. The summed E-state index contributed by atoms with van der Waals surface area (Å²) < 4.78 is 19.2. The van der Waals surface area contributed by atoms with E-state index in [-0.39, 0.29) is 12.4 Å². The fraction of sp³-hybridized carbons (Fsp3) is 0.625. The summed E-state index contributed by atoms with van der Waals surface area (Å²) in [5.74, 6) is 0.202. The van der Waals surface area contributed by atoms with Crippen LogP contribution in [0, 0.1) is 5.82 Å². The molecule has 1 saturated carbocycles. The van der Waals surface area contributed by atoms with Crippen molar-refractivity contribution in [1.29, 1.82) is 0 Å². The average Bonchev–Trinajstić information content (AvgIpc) is 2.84. The number of halogens is 1. The Morgan fingerprint density at radius 2 is 2.05 bits per heavy atom. The van der Waals surface area contributed by atoms with Gasteiger partial charge in [-0.05, 0) is 43.5 Å². The summed E-state index contributed by atoms with van der Waals surface area (Å²) in [6, 6.07) is 4.73. The number of nitrogens with one attached hydrogen (secondary N) is 1. The number of aliphatic hydroxyl groups is 1. The first-order chi connectivity index (χ1) is 9.61. The molecule has 1 aromatic rings. The summed E-state index contributed by atoms with van der Waals surface area (Å²) in [5, 5.41) is 13.5. The van der Waals surface area contributed by atoms with Gasteiger partial charge in [0.2, 0.25) is 0 Å². The molecule has 0 bridgehead atoms. The second-order valence-electron chi connectivity index (χ2n) is 5.69. The van der Waals surface area contributed by atoms with E-state index in [4.69, 9.17) is 4.74 Å². The standard InChI is InChI=1S/C16H24FNO2/c1-2-7-18-11-13-8-14(17)10-15(9-13)20-12-16(19)5-3-4-6-16/h8-10,18-19H,2-7,11-12H2,1H3. The van der Waals surface area contributed by atoms with Gasteiger partial charge in [-0.25, -0.2) is 4.39 Å². The van der Waals surface area contributed by atoms with Gasteiger partial charge in [-0.3, -0.25) is 0 Å². The SMILES string of the molecule is CCCNCc1cc(F)cc(OCC2(O)CCCC2)c1. The van der Waals surface area contributed by atoms with Gasteiger partial charge in [0.15, 0.2) is 0 Å². The van der Waals surface area contributed by atoms with Crippen LogP contribution in [0.3, 0.4) is 0 Å². The first kappa shape index (κ1) is 15.3. The highest BCUT2D eigenvalue weighted by atomic mass is 19.1. The molecule has 112 valence electrons. The van der Waals surface area contributed by atoms with Gasteiger partial charge in [0.05, 0.1) is 5.60 Å². The van der Waals surface area contributed by atoms with E-state index in [1.807, 2.05) is 6.07 Å². The molecular weight excluding hydrogens is 257 g/mol. The van der Waals surface area contributed by atoms with Crippen molar-refractivity contribution < 1.29 is 14.2 Å². The van der Waals surface area contributed by atoms with Gasteiger partial charge in [0, 0.05) is 12.6 Å². The lowest BCUT2D eigenvalue weighted by atomic mass is 10.0. The maximum absolute atomic E-state index is 13.6. The Hall–Kier alpha value is -1.13. The van der Waals surface area contributed by atoms with E-state index in [1.165, 1.54) is 12.1 Å². The fourth-order valence-corrected chi connectivity index (χ4v) is 2.61. The Bertz CT molecular complexity index is 430. The third kappa shape index (κ3) is 4.46. The van der Waals surface area contributed by atoms with Crippen molar-refractivity contribution in [2.24, 2.45) is 0 Å². The van der Waals surface area contributed by atoms with Crippen LogP contribution in [-0.2, 0) is 6.54 Å². The van der Waals surface area contributed by atoms with Crippen LogP contribution in [0.5, 0.6) is 5.75 Å². The minimum atomic E-state index is -0.729. The first-order valence-electron chi connectivity index (χ1n) is 7.47. The third-order valence-corrected chi connectivity index (χ3v) is 3.73. The Morgan fingerprint density at radius 1 is 1.30 bits per heavy atom. The predicted molar refractivity (Wildman–Crippen MR) is 77.3 cm³/mol. The smallest absolute Gasteiger partial charge is 0.127 e. The van der Waals surface area contributed by atoms with Crippen molar-refractivity contribution in [2.75, 3.05) is 13.2 Å². The molecular formula is C16H24FNO2. The molecule has 0 saturated heterocycles. The van der Waals surface area contributed by atoms with E-state index in [0.29, 0.717) is 12.3 Å². The minimum absolute atomic E-state index is 0.248. The molecule has 1 aromatic carbocycles. The lowest BCUT2D eigenvalue weighted by Gasteiger charge is -2.22. The molecule has 3 nitrogen and oxygen atoms in total. The molecule has 0 aromatic heterocycles. The number of ether oxygens (including phenoxy) is 1. The largest absolute Gasteiger partial charge is 0.490 e. The van der Waals surface area contributed by atoms with Gasteiger partial charge < -0.3 is 15.2 Å². The van der Waals surface area contributed by atoms with Gasteiger partial charge in [-0.1, -0.05) is 19.8 Å².